The van der Waals surface area contributed by atoms with Crippen LogP contribution >= 0.6 is 0 Å². The largest absolute Gasteiger partial charge is 0.359 e. The van der Waals surface area contributed by atoms with Crippen molar-refractivity contribution in [1.82, 2.24) is 15.3 Å². The molecule has 0 saturated heterocycles. The first-order valence-corrected chi connectivity index (χ1v) is 6.61. The molecule has 1 aliphatic rings. The third kappa shape index (κ3) is 2.72. The fraction of sp³-hybridized carbons (Fsp3) is 0.692. The molecule has 0 atom stereocenters. The number of anilines is 2. The van der Waals surface area contributed by atoms with Gasteiger partial charge in [-0.15, -0.1) is 0 Å². The molecule has 0 saturated carbocycles. The summed E-state index contributed by atoms with van der Waals surface area (Å²) < 4.78 is 0. The molecule has 0 unspecified atom stereocenters. The Kier molecular flexibility index (Phi) is 4.01. The van der Waals surface area contributed by atoms with E-state index in [1.807, 2.05) is 7.05 Å². The van der Waals surface area contributed by atoms with E-state index >= 15 is 0 Å². The monoisotopic (exact) mass is 249 g/mol. The molecule has 1 aromatic heterocycles. The lowest BCUT2D eigenvalue weighted by atomic mass is 10.1. The van der Waals surface area contributed by atoms with Crippen molar-refractivity contribution in [3.8, 4) is 0 Å². The number of nitrogens with one attached hydrogen (secondary N) is 2. The molecule has 0 fully saturated rings. The maximum absolute atomic E-state index is 4.62. The number of nitrogens with zero attached hydrogens (tertiary/aromatic N) is 3. The summed E-state index contributed by atoms with van der Waals surface area (Å²) in [5.41, 5.74) is 2.43. The molecule has 0 aromatic carbocycles. The molecular formula is C13H23N5. The number of fused-ring (bicyclic) bond motifs is 1. The second-order valence-corrected chi connectivity index (χ2v) is 5.25. The molecule has 1 aliphatic heterocycles. The Morgan fingerprint density at radius 1 is 1.39 bits per heavy atom. The van der Waals surface area contributed by atoms with Crippen LogP contribution in [0.25, 0.3) is 0 Å². The van der Waals surface area contributed by atoms with Crippen LogP contribution in [-0.4, -0.2) is 37.2 Å². The molecule has 0 aliphatic carbocycles. The average molecular weight is 249 g/mol. The van der Waals surface area contributed by atoms with Crippen molar-refractivity contribution < 1.29 is 0 Å². The Balaban J connectivity index is 2.37. The van der Waals surface area contributed by atoms with Gasteiger partial charge in [-0.2, -0.15) is 4.98 Å². The summed E-state index contributed by atoms with van der Waals surface area (Å²) in [6, 6.07) is 0. The summed E-state index contributed by atoms with van der Waals surface area (Å²) in [6.45, 7) is 7.33. The lowest BCUT2D eigenvalue weighted by molar-refractivity contribution is 0.606. The molecule has 0 bridgehead atoms. The zero-order valence-corrected chi connectivity index (χ0v) is 11.7. The molecule has 0 radical (unpaired) electrons. The minimum absolute atomic E-state index is 0.621. The van der Waals surface area contributed by atoms with Crippen molar-refractivity contribution in [2.45, 2.75) is 26.8 Å². The van der Waals surface area contributed by atoms with E-state index < -0.39 is 0 Å². The molecule has 2 heterocycles. The summed E-state index contributed by atoms with van der Waals surface area (Å²) in [6.07, 6.45) is 0.981. The topological polar surface area (TPSA) is 53.1 Å². The summed E-state index contributed by atoms with van der Waals surface area (Å²) in [5.74, 6) is 2.40. The molecule has 2 rings (SSSR count). The molecular weight excluding hydrogens is 226 g/mol. The number of hydrogen-bond acceptors (Lipinski definition) is 5. The third-order valence-electron chi connectivity index (χ3n) is 3.14. The van der Waals surface area contributed by atoms with Gasteiger partial charge in [0.25, 0.3) is 0 Å². The highest BCUT2D eigenvalue weighted by Crippen LogP contribution is 2.24. The summed E-state index contributed by atoms with van der Waals surface area (Å²) in [7, 11) is 3.98. The van der Waals surface area contributed by atoms with Gasteiger partial charge in [0.1, 0.15) is 5.82 Å². The Hall–Kier alpha value is -1.36. The van der Waals surface area contributed by atoms with Crippen molar-refractivity contribution in [2.75, 3.05) is 37.4 Å². The first kappa shape index (κ1) is 13.1. The number of hydrogen-bond donors (Lipinski definition) is 2. The van der Waals surface area contributed by atoms with E-state index in [1.165, 1.54) is 11.3 Å². The van der Waals surface area contributed by atoms with Gasteiger partial charge in [-0.25, -0.2) is 4.98 Å². The quantitative estimate of drug-likeness (QED) is 0.841. The predicted molar refractivity (Wildman–Crippen MR) is 75.1 cm³/mol. The van der Waals surface area contributed by atoms with Crippen LogP contribution in [0, 0.1) is 5.92 Å². The van der Waals surface area contributed by atoms with Crippen LogP contribution in [0.4, 0.5) is 11.8 Å². The van der Waals surface area contributed by atoms with Gasteiger partial charge in [0.05, 0.1) is 5.69 Å². The number of aromatic nitrogens is 2. The van der Waals surface area contributed by atoms with Crippen LogP contribution in [0.2, 0.25) is 0 Å². The lowest BCUT2D eigenvalue weighted by Gasteiger charge is -2.27. The van der Waals surface area contributed by atoms with E-state index in [9.17, 15) is 0 Å². The van der Waals surface area contributed by atoms with Gasteiger partial charge in [0.2, 0.25) is 5.95 Å². The molecule has 1 aromatic rings. The normalized spacial score (nSPS) is 14.5. The van der Waals surface area contributed by atoms with Crippen LogP contribution in [0.5, 0.6) is 0 Å². The van der Waals surface area contributed by atoms with Crippen LogP contribution in [-0.2, 0) is 13.0 Å². The SMILES string of the molecule is CNc1nc2c(c(N(C)CC(C)C)n1)CNCC2. The predicted octanol–water partition coefficient (Wildman–Crippen LogP) is 1.26. The molecule has 0 amide bonds. The van der Waals surface area contributed by atoms with Crippen LogP contribution in [0.15, 0.2) is 0 Å². The van der Waals surface area contributed by atoms with E-state index in [0.29, 0.717) is 5.92 Å². The lowest BCUT2D eigenvalue weighted by Crippen LogP contribution is -2.31. The average Bonchev–Trinajstić information content (AvgIpc) is 2.36. The zero-order valence-electron chi connectivity index (χ0n) is 11.7. The van der Waals surface area contributed by atoms with E-state index in [4.69, 9.17) is 0 Å². The first-order chi connectivity index (χ1) is 8.61. The molecule has 100 valence electrons. The summed E-state index contributed by atoms with van der Waals surface area (Å²) in [5, 5.41) is 6.46. The first-order valence-electron chi connectivity index (χ1n) is 6.61. The van der Waals surface area contributed by atoms with Crippen LogP contribution in [0.3, 0.4) is 0 Å². The van der Waals surface area contributed by atoms with E-state index in [-0.39, 0.29) is 0 Å². The minimum Gasteiger partial charge on any atom is -0.359 e. The van der Waals surface area contributed by atoms with Gasteiger partial charge < -0.3 is 15.5 Å². The van der Waals surface area contributed by atoms with Crippen molar-refractivity contribution in [1.29, 1.82) is 0 Å². The molecule has 0 spiro atoms. The molecule has 5 nitrogen and oxygen atoms in total. The molecule has 5 heteroatoms. The van der Waals surface area contributed by atoms with Crippen molar-refractivity contribution >= 4 is 11.8 Å². The van der Waals surface area contributed by atoms with Crippen molar-refractivity contribution in [3.05, 3.63) is 11.3 Å². The van der Waals surface area contributed by atoms with Gasteiger partial charge >= 0.3 is 0 Å². The fourth-order valence-electron chi connectivity index (χ4n) is 2.39. The Morgan fingerprint density at radius 2 is 2.17 bits per heavy atom. The van der Waals surface area contributed by atoms with Gasteiger partial charge in [0, 0.05) is 45.7 Å². The van der Waals surface area contributed by atoms with Gasteiger partial charge in [-0.1, -0.05) is 13.8 Å². The van der Waals surface area contributed by atoms with Gasteiger partial charge in [-0.3, -0.25) is 0 Å². The van der Waals surface area contributed by atoms with Crippen LogP contribution in [0.1, 0.15) is 25.1 Å². The van der Waals surface area contributed by atoms with Crippen molar-refractivity contribution in [3.63, 3.8) is 0 Å². The fourth-order valence-corrected chi connectivity index (χ4v) is 2.39. The molecule has 2 N–H and O–H groups in total. The third-order valence-corrected chi connectivity index (χ3v) is 3.14. The smallest absolute Gasteiger partial charge is 0.224 e. The summed E-state index contributed by atoms with van der Waals surface area (Å²) in [4.78, 5) is 11.4. The Morgan fingerprint density at radius 3 is 2.83 bits per heavy atom. The van der Waals surface area contributed by atoms with Gasteiger partial charge in [0.15, 0.2) is 0 Å². The van der Waals surface area contributed by atoms with E-state index in [2.05, 4.69) is 46.4 Å². The minimum atomic E-state index is 0.621. The van der Waals surface area contributed by atoms with E-state index in [0.717, 1.165) is 37.8 Å². The Labute approximate surface area is 109 Å². The van der Waals surface area contributed by atoms with E-state index in [1.54, 1.807) is 0 Å². The maximum Gasteiger partial charge on any atom is 0.224 e. The highest BCUT2D eigenvalue weighted by atomic mass is 15.2. The second-order valence-electron chi connectivity index (χ2n) is 5.25. The Bertz CT molecular complexity index is 416. The second kappa shape index (κ2) is 5.52. The van der Waals surface area contributed by atoms with Gasteiger partial charge in [-0.05, 0) is 5.92 Å². The van der Waals surface area contributed by atoms with Crippen LogP contribution < -0.4 is 15.5 Å². The van der Waals surface area contributed by atoms with Crippen molar-refractivity contribution in [2.24, 2.45) is 5.92 Å². The highest BCUT2D eigenvalue weighted by Gasteiger charge is 2.19. The standard InChI is InChI=1S/C13H23N5/c1-9(2)8-18(4)12-10-7-15-6-5-11(10)16-13(14-3)17-12/h9,15H,5-8H2,1-4H3,(H,14,16,17). The molecule has 18 heavy (non-hydrogen) atoms. The highest BCUT2D eigenvalue weighted by molar-refractivity contribution is 5.53. The maximum atomic E-state index is 4.62. The number of rotatable bonds is 4. The summed E-state index contributed by atoms with van der Waals surface area (Å²) >= 11 is 0. The zero-order chi connectivity index (χ0) is 13.1.